The second-order valence-electron chi connectivity index (χ2n) is 6.32. The Morgan fingerprint density at radius 1 is 1.22 bits per heavy atom. The Morgan fingerprint density at radius 2 is 2.04 bits per heavy atom. The summed E-state index contributed by atoms with van der Waals surface area (Å²) >= 11 is 1.24. The molecule has 4 rings (SSSR count). The molecule has 3 aromatic rings. The summed E-state index contributed by atoms with van der Waals surface area (Å²) in [6.45, 7) is 2.50. The van der Waals surface area contributed by atoms with Crippen LogP contribution in [0.2, 0.25) is 0 Å². The Hall–Kier alpha value is -2.87. The number of hydrogen-bond acceptors (Lipinski definition) is 5. The van der Waals surface area contributed by atoms with Gasteiger partial charge in [0.1, 0.15) is 5.82 Å². The second-order valence-corrected chi connectivity index (χ2v) is 7.62. The lowest BCUT2D eigenvalue weighted by molar-refractivity contribution is -0.117. The lowest BCUT2D eigenvalue weighted by Crippen LogP contribution is -2.35. The number of rotatable bonds is 4. The molecule has 1 aliphatic heterocycles. The lowest BCUT2D eigenvalue weighted by Gasteiger charge is -2.21. The summed E-state index contributed by atoms with van der Waals surface area (Å²) in [6, 6.07) is 13.9. The molecule has 1 amide bonds. The minimum absolute atomic E-state index is 0.000237. The third-order valence-electron chi connectivity index (χ3n) is 4.53. The monoisotopic (exact) mass is 383 g/mol. The van der Waals surface area contributed by atoms with Crippen molar-refractivity contribution < 1.29 is 9.18 Å². The van der Waals surface area contributed by atoms with Gasteiger partial charge in [-0.2, -0.15) is 0 Å². The van der Waals surface area contributed by atoms with E-state index in [0.717, 1.165) is 12.1 Å². The number of fused-ring (bicyclic) bond motifs is 1. The van der Waals surface area contributed by atoms with Gasteiger partial charge in [0.25, 0.3) is 0 Å². The van der Waals surface area contributed by atoms with Gasteiger partial charge < -0.3 is 10.7 Å². The molecule has 1 atom stereocenters. The molecule has 0 saturated heterocycles. The standard InChI is InChI=1S/C19H18FN5OS/c1-12(18(26)24-10-9-13-5-2-3-8-16(13)24)27-19-23-22-17(25(19)21)14-6-4-7-15(20)11-14/h2-8,11-12H,9-10,21H2,1H3. The first-order valence-corrected chi connectivity index (χ1v) is 9.45. The summed E-state index contributed by atoms with van der Waals surface area (Å²) in [5.74, 6) is 6.06. The molecule has 1 unspecified atom stereocenters. The van der Waals surface area contributed by atoms with Crippen LogP contribution >= 0.6 is 11.8 Å². The van der Waals surface area contributed by atoms with Crippen molar-refractivity contribution in [3.8, 4) is 11.4 Å². The van der Waals surface area contributed by atoms with Crippen molar-refractivity contribution in [3.05, 3.63) is 59.9 Å². The van der Waals surface area contributed by atoms with Crippen LogP contribution in [0.25, 0.3) is 11.4 Å². The number of nitrogens with zero attached hydrogens (tertiary/aromatic N) is 4. The van der Waals surface area contributed by atoms with Gasteiger partial charge in [-0.05, 0) is 37.1 Å². The normalized spacial score (nSPS) is 14.2. The van der Waals surface area contributed by atoms with Gasteiger partial charge in [-0.15, -0.1) is 10.2 Å². The summed E-state index contributed by atoms with van der Waals surface area (Å²) in [6.07, 6.45) is 0.857. The Bertz CT molecular complexity index is 1010. The van der Waals surface area contributed by atoms with E-state index in [1.165, 1.54) is 34.1 Å². The summed E-state index contributed by atoms with van der Waals surface area (Å²) in [4.78, 5) is 14.7. The fourth-order valence-corrected chi connectivity index (χ4v) is 4.01. The molecule has 8 heteroatoms. The number of benzene rings is 2. The largest absolute Gasteiger partial charge is 0.335 e. The van der Waals surface area contributed by atoms with Crippen molar-refractivity contribution in [1.82, 2.24) is 14.9 Å². The zero-order valence-corrected chi connectivity index (χ0v) is 15.5. The third-order valence-corrected chi connectivity index (χ3v) is 5.57. The number of halogens is 1. The van der Waals surface area contributed by atoms with E-state index < -0.39 is 0 Å². The average molecular weight is 383 g/mol. The van der Waals surface area contributed by atoms with E-state index in [0.29, 0.717) is 23.1 Å². The van der Waals surface area contributed by atoms with Crippen LogP contribution in [0.4, 0.5) is 10.1 Å². The summed E-state index contributed by atoms with van der Waals surface area (Å²) in [5.41, 5.74) is 2.67. The molecule has 27 heavy (non-hydrogen) atoms. The van der Waals surface area contributed by atoms with Crippen LogP contribution in [0.5, 0.6) is 0 Å². The van der Waals surface area contributed by atoms with Gasteiger partial charge in [0.15, 0.2) is 5.82 Å². The van der Waals surface area contributed by atoms with Crippen LogP contribution in [0, 0.1) is 5.82 Å². The number of hydrogen-bond donors (Lipinski definition) is 1. The van der Waals surface area contributed by atoms with E-state index in [1.54, 1.807) is 17.0 Å². The van der Waals surface area contributed by atoms with Crippen LogP contribution in [0.15, 0.2) is 53.7 Å². The predicted octanol–water partition coefficient (Wildman–Crippen LogP) is 2.87. The number of thioether (sulfide) groups is 1. The molecule has 1 aromatic heterocycles. The zero-order valence-electron chi connectivity index (χ0n) is 14.7. The number of anilines is 1. The lowest BCUT2D eigenvalue weighted by atomic mass is 10.2. The summed E-state index contributed by atoms with van der Waals surface area (Å²) in [5, 5.41) is 8.14. The van der Waals surface area contributed by atoms with Gasteiger partial charge in [0.2, 0.25) is 11.1 Å². The van der Waals surface area contributed by atoms with Crippen LogP contribution in [-0.4, -0.2) is 32.6 Å². The third kappa shape index (κ3) is 3.28. The molecule has 0 fully saturated rings. The molecule has 138 valence electrons. The highest BCUT2D eigenvalue weighted by Gasteiger charge is 2.29. The average Bonchev–Trinajstić information content (AvgIpc) is 3.25. The number of carbonyl (C=O) groups is 1. The van der Waals surface area contributed by atoms with Gasteiger partial charge in [0.05, 0.1) is 5.25 Å². The number of nitrogens with two attached hydrogens (primary N) is 1. The molecular weight excluding hydrogens is 365 g/mol. The molecule has 2 N–H and O–H groups in total. The van der Waals surface area contributed by atoms with Gasteiger partial charge in [-0.3, -0.25) is 4.79 Å². The van der Waals surface area contributed by atoms with Gasteiger partial charge in [0, 0.05) is 17.8 Å². The van der Waals surface area contributed by atoms with Gasteiger partial charge >= 0.3 is 0 Å². The molecule has 0 aliphatic carbocycles. The molecule has 6 nitrogen and oxygen atoms in total. The topological polar surface area (TPSA) is 77.0 Å². The Balaban J connectivity index is 1.52. The van der Waals surface area contributed by atoms with Crippen LogP contribution < -0.4 is 10.7 Å². The minimum Gasteiger partial charge on any atom is -0.335 e. The van der Waals surface area contributed by atoms with Crippen molar-refractivity contribution in [3.63, 3.8) is 0 Å². The van der Waals surface area contributed by atoms with Crippen molar-refractivity contribution in [2.45, 2.75) is 23.8 Å². The number of carbonyl (C=O) groups excluding carboxylic acids is 1. The highest BCUT2D eigenvalue weighted by atomic mass is 32.2. The molecule has 0 saturated carbocycles. The van der Waals surface area contributed by atoms with E-state index in [2.05, 4.69) is 10.2 Å². The fraction of sp³-hybridized carbons (Fsp3) is 0.211. The van der Waals surface area contributed by atoms with Crippen molar-refractivity contribution in [1.29, 1.82) is 0 Å². The number of amides is 1. The number of aromatic nitrogens is 3. The first kappa shape index (κ1) is 17.5. The van der Waals surface area contributed by atoms with Crippen molar-refractivity contribution >= 4 is 23.4 Å². The second kappa shape index (κ2) is 7.03. The maximum atomic E-state index is 13.4. The Kier molecular flexibility index (Phi) is 4.57. The smallest absolute Gasteiger partial charge is 0.240 e. The maximum absolute atomic E-state index is 13.4. The number of para-hydroxylation sites is 1. The van der Waals surface area contributed by atoms with Gasteiger partial charge in [-0.25, -0.2) is 9.07 Å². The van der Waals surface area contributed by atoms with E-state index in [1.807, 2.05) is 31.2 Å². The summed E-state index contributed by atoms with van der Waals surface area (Å²) < 4.78 is 14.7. The van der Waals surface area contributed by atoms with E-state index in [9.17, 15) is 9.18 Å². The van der Waals surface area contributed by atoms with Crippen molar-refractivity contribution in [2.24, 2.45) is 0 Å². The maximum Gasteiger partial charge on any atom is 0.240 e. The highest BCUT2D eigenvalue weighted by molar-refractivity contribution is 8.00. The quantitative estimate of drug-likeness (QED) is 0.554. The van der Waals surface area contributed by atoms with E-state index in [4.69, 9.17) is 5.84 Å². The summed E-state index contributed by atoms with van der Waals surface area (Å²) in [7, 11) is 0. The molecule has 0 spiro atoms. The molecule has 0 radical (unpaired) electrons. The SMILES string of the molecule is CC(Sc1nnc(-c2cccc(F)c2)n1N)C(=O)N1CCc2ccccc21. The minimum atomic E-state index is -0.386. The molecule has 1 aliphatic rings. The molecular formula is C19H18FN5OS. The highest BCUT2D eigenvalue weighted by Crippen LogP contribution is 2.31. The molecule has 2 aromatic carbocycles. The Labute approximate surface area is 160 Å². The zero-order chi connectivity index (χ0) is 19.0. The first-order valence-electron chi connectivity index (χ1n) is 8.57. The van der Waals surface area contributed by atoms with Gasteiger partial charge in [-0.1, -0.05) is 42.1 Å². The van der Waals surface area contributed by atoms with Crippen LogP contribution in [0.1, 0.15) is 12.5 Å². The van der Waals surface area contributed by atoms with E-state index >= 15 is 0 Å². The molecule has 0 bridgehead atoms. The fourth-order valence-electron chi connectivity index (χ4n) is 3.18. The Morgan fingerprint density at radius 3 is 2.85 bits per heavy atom. The first-order chi connectivity index (χ1) is 13.0. The molecule has 2 heterocycles. The predicted molar refractivity (Wildman–Crippen MR) is 103 cm³/mol. The van der Waals surface area contributed by atoms with E-state index in [-0.39, 0.29) is 17.0 Å². The van der Waals surface area contributed by atoms with Crippen LogP contribution in [0.3, 0.4) is 0 Å². The van der Waals surface area contributed by atoms with Crippen LogP contribution in [-0.2, 0) is 11.2 Å². The van der Waals surface area contributed by atoms with Crippen molar-refractivity contribution in [2.75, 3.05) is 17.3 Å². The number of nitrogen functional groups attached to an aromatic ring is 1.